The SMILES string of the molecule is c1ccc(CCN2CCC[C@]3(CCN(Cc4nc5ccccc5[nH]4)C3)C2)cc1. The first-order valence-electron chi connectivity index (χ1n) is 10.7. The van der Waals surface area contributed by atoms with Gasteiger partial charge in [0.25, 0.3) is 0 Å². The zero-order chi connectivity index (χ0) is 18.8. The van der Waals surface area contributed by atoms with Crippen LogP contribution in [-0.2, 0) is 13.0 Å². The molecule has 0 radical (unpaired) electrons. The Labute approximate surface area is 167 Å². The van der Waals surface area contributed by atoms with Crippen molar-refractivity contribution >= 4 is 11.0 Å². The third-order valence-electron chi connectivity index (χ3n) is 6.63. The van der Waals surface area contributed by atoms with Gasteiger partial charge < -0.3 is 9.88 Å². The highest BCUT2D eigenvalue weighted by Crippen LogP contribution is 2.39. The zero-order valence-corrected chi connectivity index (χ0v) is 16.6. The number of nitrogens with zero attached hydrogens (tertiary/aromatic N) is 3. The van der Waals surface area contributed by atoms with Gasteiger partial charge in [-0.3, -0.25) is 4.90 Å². The van der Waals surface area contributed by atoms with E-state index in [4.69, 9.17) is 4.98 Å². The van der Waals surface area contributed by atoms with E-state index >= 15 is 0 Å². The second kappa shape index (κ2) is 7.69. The van der Waals surface area contributed by atoms with E-state index in [1.165, 1.54) is 64.0 Å². The summed E-state index contributed by atoms with van der Waals surface area (Å²) in [6.45, 7) is 7.07. The van der Waals surface area contributed by atoms with Crippen LogP contribution in [0.1, 0.15) is 30.7 Å². The molecule has 28 heavy (non-hydrogen) atoms. The van der Waals surface area contributed by atoms with Gasteiger partial charge in [0.1, 0.15) is 5.82 Å². The van der Waals surface area contributed by atoms with Crippen LogP contribution in [0.25, 0.3) is 11.0 Å². The summed E-state index contributed by atoms with van der Waals surface area (Å²) in [5, 5.41) is 0. The van der Waals surface area contributed by atoms with E-state index in [9.17, 15) is 0 Å². The van der Waals surface area contributed by atoms with Crippen molar-refractivity contribution in [1.82, 2.24) is 19.8 Å². The van der Waals surface area contributed by atoms with E-state index in [1.54, 1.807) is 0 Å². The Morgan fingerprint density at radius 1 is 0.893 bits per heavy atom. The second-order valence-electron chi connectivity index (χ2n) is 8.78. The van der Waals surface area contributed by atoms with Gasteiger partial charge in [-0.2, -0.15) is 0 Å². The van der Waals surface area contributed by atoms with Gasteiger partial charge in [0, 0.05) is 19.6 Å². The topological polar surface area (TPSA) is 35.2 Å². The van der Waals surface area contributed by atoms with Crippen LogP contribution >= 0.6 is 0 Å². The lowest BCUT2D eigenvalue weighted by Crippen LogP contribution is -2.45. The highest BCUT2D eigenvalue weighted by atomic mass is 15.2. The van der Waals surface area contributed by atoms with E-state index in [1.807, 2.05) is 0 Å². The third kappa shape index (κ3) is 3.85. The maximum absolute atomic E-state index is 4.78. The van der Waals surface area contributed by atoms with Crippen LogP contribution in [0.4, 0.5) is 0 Å². The first-order chi connectivity index (χ1) is 13.8. The van der Waals surface area contributed by atoms with Crippen molar-refractivity contribution in [3.8, 4) is 0 Å². The van der Waals surface area contributed by atoms with E-state index in [2.05, 4.69) is 69.4 Å². The summed E-state index contributed by atoms with van der Waals surface area (Å²) in [6.07, 6.45) is 5.22. The van der Waals surface area contributed by atoms with Crippen LogP contribution in [0.5, 0.6) is 0 Å². The van der Waals surface area contributed by atoms with Gasteiger partial charge in [0.2, 0.25) is 0 Å². The van der Waals surface area contributed by atoms with Crippen LogP contribution in [0.2, 0.25) is 0 Å². The van der Waals surface area contributed by atoms with Gasteiger partial charge in [-0.05, 0) is 61.9 Å². The minimum Gasteiger partial charge on any atom is -0.341 e. The summed E-state index contributed by atoms with van der Waals surface area (Å²) in [5.41, 5.74) is 4.17. The summed E-state index contributed by atoms with van der Waals surface area (Å²) < 4.78 is 0. The van der Waals surface area contributed by atoms with Gasteiger partial charge >= 0.3 is 0 Å². The molecular formula is C24H30N4. The highest BCUT2D eigenvalue weighted by Gasteiger charge is 2.41. The number of hydrogen-bond acceptors (Lipinski definition) is 3. The molecule has 0 saturated carbocycles. The van der Waals surface area contributed by atoms with E-state index in [0.717, 1.165) is 23.4 Å². The Kier molecular flexibility index (Phi) is 4.91. The molecule has 0 amide bonds. The van der Waals surface area contributed by atoms with Crippen molar-refractivity contribution in [3.63, 3.8) is 0 Å². The number of imidazole rings is 1. The molecule has 4 nitrogen and oxygen atoms in total. The Morgan fingerprint density at radius 3 is 2.61 bits per heavy atom. The molecule has 0 unspecified atom stereocenters. The largest absolute Gasteiger partial charge is 0.341 e. The number of rotatable bonds is 5. The fourth-order valence-corrected chi connectivity index (χ4v) is 5.22. The molecule has 4 heteroatoms. The first kappa shape index (κ1) is 17.9. The Balaban J connectivity index is 1.19. The number of likely N-dealkylation sites (tertiary alicyclic amines) is 2. The molecule has 3 heterocycles. The van der Waals surface area contributed by atoms with Crippen LogP contribution in [0.3, 0.4) is 0 Å². The van der Waals surface area contributed by atoms with Crippen LogP contribution in [0.15, 0.2) is 54.6 Å². The number of hydrogen-bond donors (Lipinski definition) is 1. The fraction of sp³-hybridized carbons (Fsp3) is 0.458. The number of H-pyrrole nitrogens is 1. The molecular weight excluding hydrogens is 344 g/mol. The number of piperidine rings is 1. The van der Waals surface area contributed by atoms with Crippen molar-refractivity contribution in [2.24, 2.45) is 5.41 Å². The highest BCUT2D eigenvalue weighted by molar-refractivity contribution is 5.74. The van der Waals surface area contributed by atoms with Gasteiger partial charge in [0.15, 0.2) is 0 Å². The molecule has 146 valence electrons. The average molecular weight is 375 g/mol. The van der Waals surface area contributed by atoms with Gasteiger partial charge in [-0.1, -0.05) is 42.5 Å². The number of fused-ring (bicyclic) bond motifs is 1. The lowest BCUT2D eigenvalue weighted by Gasteiger charge is -2.40. The number of benzene rings is 2. The lowest BCUT2D eigenvalue weighted by molar-refractivity contribution is 0.0925. The molecule has 2 aliphatic heterocycles. The van der Waals surface area contributed by atoms with Crippen molar-refractivity contribution in [2.75, 3.05) is 32.7 Å². The third-order valence-corrected chi connectivity index (χ3v) is 6.63. The fourth-order valence-electron chi connectivity index (χ4n) is 5.22. The monoisotopic (exact) mass is 374 g/mol. The van der Waals surface area contributed by atoms with E-state index in [-0.39, 0.29) is 0 Å². The maximum Gasteiger partial charge on any atom is 0.121 e. The molecule has 1 atom stereocenters. The standard InChI is InChI=1S/C24H30N4/c1-2-7-20(8-3-1)11-15-27-14-6-12-24(18-27)13-16-28(19-24)17-23-25-21-9-4-5-10-22(21)26-23/h1-5,7-10H,6,11-19H2,(H,25,26)/t24-/m0/s1. The molecule has 1 N–H and O–H groups in total. The summed E-state index contributed by atoms with van der Waals surface area (Å²) in [5.74, 6) is 1.11. The molecule has 2 aliphatic rings. The van der Waals surface area contributed by atoms with Gasteiger partial charge in [-0.25, -0.2) is 4.98 Å². The maximum atomic E-state index is 4.78. The van der Waals surface area contributed by atoms with E-state index in [0.29, 0.717) is 5.41 Å². The first-order valence-corrected chi connectivity index (χ1v) is 10.7. The van der Waals surface area contributed by atoms with Gasteiger partial charge in [-0.15, -0.1) is 0 Å². The summed E-state index contributed by atoms with van der Waals surface area (Å²) >= 11 is 0. The number of nitrogens with one attached hydrogen (secondary N) is 1. The Hall–Kier alpha value is -2.17. The minimum absolute atomic E-state index is 0.487. The molecule has 2 fully saturated rings. The predicted molar refractivity (Wildman–Crippen MR) is 114 cm³/mol. The molecule has 5 rings (SSSR count). The van der Waals surface area contributed by atoms with Gasteiger partial charge in [0.05, 0.1) is 17.6 Å². The smallest absolute Gasteiger partial charge is 0.121 e. The molecule has 1 spiro atoms. The predicted octanol–water partition coefficient (Wildman–Crippen LogP) is 4.09. The summed E-state index contributed by atoms with van der Waals surface area (Å²) in [6, 6.07) is 19.3. The van der Waals surface area contributed by atoms with Crippen LogP contribution in [0, 0.1) is 5.41 Å². The molecule has 2 aromatic carbocycles. The normalized spacial score (nSPS) is 23.7. The Bertz CT molecular complexity index is 886. The van der Waals surface area contributed by atoms with Crippen molar-refractivity contribution in [2.45, 2.75) is 32.2 Å². The zero-order valence-electron chi connectivity index (χ0n) is 16.6. The lowest BCUT2D eigenvalue weighted by atomic mass is 9.79. The van der Waals surface area contributed by atoms with Crippen molar-refractivity contribution in [3.05, 3.63) is 66.0 Å². The summed E-state index contributed by atoms with van der Waals surface area (Å²) in [4.78, 5) is 13.6. The van der Waals surface area contributed by atoms with Crippen molar-refractivity contribution in [1.29, 1.82) is 0 Å². The number of para-hydroxylation sites is 2. The minimum atomic E-state index is 0.487. The Morgan fingerprint density at radius 2 is 1.71 bits per heavy atom. The van der Waals surface area contributed by atoms with Crippen LogP contribution in [-0.4, -0.2) is 52.5 Å². The molecule has 0 aliphatic carbocycles. The quantitative estimate of drug-likeness (QED) is 0.730. The second-order valence-corrected chi connectivity index (χ2v) is 8.78. The van der Waals surface area contributed by atoms with Crippen molar-refractivity contribution < 1.29 is 0 Å². The average Bonchev–Trinajstić information content (AvgIpc) is 3.31. The van der Waals surface area contributed by atoms with E-state index < -0.39 is 0 Å². The molecule has 1 aromatic heterocycles. The summed E-state index contributed by atoms with van der Waals surface area (Å²) in [7, 11) is 0. The molecule has 3 aromatic rings. The number of aromatic nitrogens is 2. The molecule has 2 saturated heterocycles. The van der Waals surface area contributed by atoms with Crippen LogP contribution < -0.4 is 0 Å². The molecule has 0 bridgehead atoms. The number of aromatic amines is 1.